The lowest BCUT2D eigenvalue weighted by Gasteiger charge is -2.34. The van der Waals surface area contributed by atoms with Gasteiger partial charge in [0.2, 0.25) is 0 Å². The average molecular weight is 1150 g/mol. The number of rotatable bonds is 22. The molecule has 4 rings (SSSR count). The van der Waals surface area contributed by atoms with Crippen LogP contribution in [-0.2, 0) is 42.8 Å². The third kappa shape index (κ3) is 19.9. The number of hydrogen-bond donors (Lipinski definition) is 0. The van der Waals surface area contributed by atoms with E-state index >= 15 is 0 Å². The standard InChI is InChI=1S/C38H54O6.C34H42O6/c1-15-37(11,12)28-23-29(38(13,14)16-2)32(44-34(41)36(8,9)10)27(31(28)42-24(3)4)21-22-30(39)25-17-19-26(20-18-25)43-33(40)35(5,6)7;1-11-13-24-21-25(14-12-2)30(40-32(37)34(8,9)10)27(29(24)38-22(3)4)19-20-28(35)23-15-17-26(18-16-23)39-31(36)33(5,6)7/h17-24H,15-16H2,1-14H3;11-12,15-22H,1-2,13-14H2,3-10H3. The van der Waals surface area contributed by atoms with Crippen LogP contribution in [0.1, 0.15) is 219 Å². The van der Waals surface area contributed by atoms with Gasteiger partial charge in [-0.15, -0.1) is 13.2 Å². The molecule has 0 saturated heterocycles. The van der Waals surface area contributed by atoms with Gasteiger partial charge in [-0.2, -0.15) is 0 Å². The fourth-order valence-corrected chi connectivity index (χ4v) is 7.63. The van der Waals surface area contributed by atoms with E-state index in [0.717, 1.165) is 35.1 Å². The highest BCUT2D eigenvalue weighted by atomic mass is 16.6. The second kappa shape index (κ2) is 29.0. The summed E-state index contributed by atoms with van der Waals surface area (Å²) in [5.74, 6) is 0.565. The van der Waals surface area contributed by atoms with E-state index in [2.05, 4.69) is 60.8 Å². The third-order valence-corrected chi connectivity index (χ3v) is 13.7. The van der Waals surface area contributed by atoms with Crippen LogP contribution in [0.15, 0.2) is 98.1 Å². The second-order valence-corrected chi connectivity index (χ2v) is 27.1. The van der Waals surface area contributed by atoms with Crippen LogP contribution < -0.4 is 28.4 Å². The van der Waals surface area contributed by atoms with Crippen LogP contribution in [0.3, 0.4) is 0 Å². The smallest absolute Gasteiger partial charge is 0.316 e. The number of hydrogen-bond acceptors (Lipinski definition) is 12. The summed E-state index contributed by atoms with van der Waals surface area (Å²) in [6.07, 6.45) is 12.0. The summed E-state index contributed by atoms with van der Waals surface area (Å²) < 4.78 is 35.8. The molecule has 0 bridgehead atoms. The molecular formula is C72H96O12. The fourth-order valence-electron chi connectivity index (χ4n) is 7.63. The van der Waals surface area contributed by atoms with E-state index in [4.69, 9.17) is 28.4 Å². The van der Waals surface area contributed by atoms with Gasteiger partial charge in [-0.25, -0.2) is 0 Å². The molecule has 12 heteroatoms. The van der Waals surface area contributed by atoms with Crippen LogP contribution >= 0.6 is 0 Å². The van der Waals surface area contributed by atoms with Gasteiger partial charge in [-0.3, -0.25) is 28.8 Å². The van der Waals surface area contributed by atoms with Crippen molar-refractivity contribution >= 4 is 47.6 Å². The Bertz CT molecular complexity index is 3080. The van der Waals surface area contributed by atoms with Crippen molar-refractivity contribution in [1.82, 2.24) is 0 Å². The van der Waals surface area contributed by atoms with Crippen LogP contribution in [0.5, 0.6) is 34.5 Å². The molecular weight excluding hydrogens is 1060 g/mol. The summed E-state index contributed by atoms with van der Waals surface area (Å²) >= 11 is 0. The van der Waals surface area contributed by atoms with Crippen molar-refractivity contribution < 1.29 is 57.2 Å². The minimum atomic E-state index is -0.751. The molecule has 4 aromatic rings. The monoisotopic (exact) mass is 1150 g/mol. The van der Waals surface area contributed by atoms with Crippen molar-refractivity contribution in [3.05, 3.63) is 143 Å². The first-order chi connectivity index (χ1) is 38.6. The van der Waals surface area contributed by atoms with Crippen LogP contribution in [0.4, 0.5) is 0 Å². The summed E-state index contributed by atoms with van der Waals surface area (Å²) in [5.41, 5.74) is 1.99. The molecule has 0 spiro atoms. The number of carbonyl (C=O) groups excluding carboxylic acids is 6. The summed E-state index contributed by atoms with van der Waals surface area (Å²) in [6.45, 7) is 49.8. The highest BCUT2D eigenvalue weighted by Gasteiger charge is 2.36. The van der Waals surface area contributed by atoms with Crippen LogP contribution in [0, 0.1) is 21.7 Å². The maximum Gasteiger partial charge on any atom is 0.316 e. The van der Waals surface area contributed by atoms with Gasteiger partial charge in [0.1, 0.15) is 34.5 Å². The van der Waals surface area contributed by atoms with Crippen LogP contribution in [-0.4, -0.2) is 47.7 Å². The molecule has 0 aromatic heterocycles. The van der Waals surface area contributed by atoms with Crippen molar-refractivity contribution in [2.45, 2.75) is 201 Å². The van der Waals surface area contributed by atoms with Gasteiger partial charge < -0.3 is 28.4 Å². The lowest BCUT2D eigenvalue weighted by molar-refractivity contribution is -0.143. The van der Waals surface area contributed by atoms with E-state index in [1.165, 1.54) is 12.2 Å². The minimum absolute atomic E-state index is 0.163. The molecule has 0 aliphatic heterocycles. The first-order valence-electron chi connectivity index (χ1n) is 29.1. The number of carbonyl (C=O) groups is 6. The first-order valence-corrected chi connectivity index (χ1v) is 29.1. The lowest BCUT2D eigenvalue weighted by Crippen LogP contribution is -2.29. The molecule has 12 nitrogen and oxygen atoms in total. The lowest BCUT2D eigenvalue weighted by atomic mass is 9.74. The zero-order valence-corrected chi connectivity index (χ0v) is 54.5. The average Bonchev–Trinajstić information content (AvgIpc) is 3.39. The van der Waals surface area contributed by atoms with Crippen LogP contribution in [0.2, 0.25) is 0 Å². The van der Waals surface area contributed by atoms with Gasteiger partial charge in [-0.05, 0) is 243 Å². The highest BCUT2D eigenvalue weighted by molar-refractivity contribution is 6.08. The van der Waals surface area contributed by atoms with Gasteiger partial charge >= 0.3 is 23.9 Å². The number of benzene rings is 4. The second-order valence-electron chi connectivity index (χ2n) is 27.1. The molecule has 0 fully saturated rings. The van der Waals surface area contributed by atoms with E-state index in [0.29, 0.717) is 69.6 Å². The number of ketones is 2. The number of ether oxygens (including phenoxy) is 6. The summed E-state index contributed by atoms with van der Waals surface area (Å²) in [7, 11) is 0. The largest absolute Gasteiger partial charge is 0.490 e. The Kier molecular flexibility index (Phi) is 24.5. The summed E-state index contributed by atoms with van der Waals surface area (Å²) in [6, 6.07) is 16.9. The molecule has 0 heterocycles. The molecule has 4 aromatic carbocycles. The van der Waals surface area contributed by atoms with Crippen molar-refractivity contribution in [3.8, 4) is 34.5 Å². The third-order valence-electron chi connectivity index (χ3n) is 13.7. The normalized spacial score (nSPS) is 12.4. The minimum Gasteiger partial charge on any atom is -0.490 e. The number of allylic oxidation sites excluding steroid dienone is 4. The van der Waals surface area contributed by atoms with Gasteiger partial charge in [-0.1, -0.05) is 53.7 Å². The van der Waals surface area contributed by atoms with Crippen LogP contribution in [0.25, 0.3) is 12.2 Å². The topological polar surface area (TPSA) is 158 Å². The van der Waals surface area contributed by atoms with Crippen molar-refractivity contribution in [2.24, 2.45) is 21.7 Å². The Morgan fingerprint density at radius 3 is 1.07 bits per heavy atom. The zero-order valence-electron chi connectivity index (χ0n) is 54.5. The summed E-state index contributed by atoms with van der Waals surface area (Å²) in [4.78, 5) is 77.5. The van der Waals surface area contributed by atoms with E-state index in [9.17, 15) is 28.8 Å². The molecule has 0 N–H and O–H groups in total. The molecule has 0 saturated carbocycles. The molecule has 456 valence electrons. The maximum atomic E-state index is 13.5. The SMILES string of the molecule is C=CCc1cc(CC=C)c(OC(C)C)c(C=CC(=O)c2ccc(OC(=O)C(C)(C)C)cc2)c1OC(=O)C(C)(C)C.CCC(C)(C)c1cc(C(C)(C)CC)c(OC(C)C)c(C=CC(=O)c2ccc(OC(=O)C(C)(C)C)cc2)c1OC(=O)C(C)(C)C. The first kappa shape index (κ1) is 70.9. The Hall–Kier alpha value is -7.34. The molecule has 0 unspecified atom stereocenters. The molecule has 0 radical (unpaired) electrons. The Morgan fingerprint density at radius 2 is 0.738 bits per heavy atom. The van der Waals surface area contributed by atoms with E-state index < -0.39 is 27.6 Å². The van der Waals surface area contributed by atoms with Gasteiger partial charge in [0.05, 0.1) is 45.0 Å². The van der Waals surface area contributed by atoms with Crippen molar-refractivity contribution in [2.75, 3.05) is 0 Å². The number of esters is 4. The van der Waals surface area contributed by atoms with E-state index in [1.54, 1.807) is 135 Å². The van der Waals surface area contributed by atoms with Gasteiger partial charge in [0.25, 0.3) is 0 Å². The predicted octanol–water partition coefficient (Wildman–Crippen LogP) is 17.4. The van der Waals surface area contributed by atoms with E-state index in [1.807, 2.05) is 54.5 Å². The Morgan fingerprint density at radius 1 is 0.429 bits per heavy atom. The van der Waals surface area contributed by atoms with Crippen molar-refractivity contribution in [1.29, 1.82) is 0 Å². The zero-order chi connectivity index (χ0) is 64.1. The van der Waals surface area contributed by atoms with E-state index in [-0.39, 0.29) is 52.5 Å². The molecule has 0 atom stereocenters. The summed E-state index contributed by atoms with van der Waals surface area (Å²) in [5, 5.41) is 0. The molecule has 0 aliphatic rings. The predicted molar refractivity (Wildman–Crippen MR) is 339 cm³/mol. The maximum absolute atomic E-state index is 13.5. The quantitative estimate of drug-likeness (QED) is 0.0241. The highest BCUT2D eigenvalue weighted by Crippen LogP contribution is 2.49. The molecule has 0 amide bonds. The fraction of sp³-hybridized carbons (Fsp3) is 0.472. The van der Waals surface area contributed by atoms with Gasteiger partial charge in [0.15, 0.2) is 11.6 Å². The Labute approximate surface area is 502 Å². The van der Waals surface area contributed by atoms with Gasteiger partial charge in [0, 0.05) is 22.3 Å². The molecule has 0 aliphatic carbocycles. The molecule has 84 heavy (non-hydrogen) atoms. The van der Waals surface area contributed by atoms with Crippen molar-refractivity contribution in [3.63, 3.8) is 0 Å². The Balaban J connectivity index is 0.000000442.